The zero-order valence-electron chi connectivity index (χ0n) is 12.1. The molecule has 0 spiro atoms. The predicted octanol–water partition coefficient (Wildman–Crippen LogP) is 2.81. The quantitative estimate of drug-likeness (QED) is 0.822. The van der Waals surface area contributed by atoms with E-state index in [-0.39, 0.29) is 5.91 Å². The molecule has 2 rings (SSSR count). The molecule has 0 saturated carbocycles. The molecular weight excluding hydrogens is 264 g/mol. The zero-order chi connectivity index (χ0) is 14.9. The minimum absolute atomic E-state index is 0.0363. The molecule has 0 bridgehead atoms. The van der Waals surface area contributed by atoms with Crippen molar-refractivity contribution in [3.05, 3.63) is 60.2 Å². The number of para-hydroxylation sites is 1. The molecule has 2 aromatic carbocycles. The summed E-state index contributed by atoms with van der Waals surface area (Å²) in [6, 6.07) is 17.5. The van der Waals surface area contributed by atoms with E-state index >= 15 is 0 Å². The van der Waals surface area contributed by atoms with Gasteiger partial charge in [-0.3, -0.25) is 4.79 Å². The molecule has 21 heavy (non-hydrogen) atoms. The molecule has 0 aliphatic heterocycles. The van der Waals surface area contributed by atoms with E-state index in [2.05, 4.69) is 10.6 Å². The summed E-state index contributed by atoms with van der Waals surface area (Å²) in [5.74, 6) is 0.853. The van der Waals surface area contributed by atoms with Gasteiger partial charge in [0.05, 0.1) is 7.11 Å². The van der Waals surface area contributed by atoms with Crippen LogP contribution in [0.5, 0.6) is 5.75 Å². The number of hydrogen-bond donors (Lipinski definition) is 2. The number of ether oxygens (including phenoxy) is 1. The first-order valence-corrected chi connectivity index (χ1v) is 6.96. The average molecular weight is 284 g/mol. The average Bonchev–Trinajstić information content (AvgIpc) is 2.54. The van der Waals surface area contributed by atoms with Crippen molar-refractivity contribution in [1.29, 1.82) is 0 Å². The second-order valence-corrected chi connectivity index (χ2v) is 4.67. The van der Waals surface area contributed by atoms with Crippen molar-refractivity contribution in [2.75, 3.05) is 19.0 Å². The maximum atomic E-state index is 11.8. The van der Waals surface area contributed by atoms with Crippen LogP contribution in [-0.4, -0.2) is 19.6 Å². The van der Waals surface area contributed by atoms with E-state index in [4.69, 9.17) is 4.74 Å². The van der Waals surface area contributed by atoms with Crippen molar-refractivity contribution in [2.24, 2.45) is 0 Å². The Kier molecular flexibility index (Phi) is 5.64. The molecular formula is C17H20N2O2. The van der Waals surface area contributed by atoms with Crippen LogP contribution in [-0.2, 0) is 11.3 Å². The number of rotatable bonds is 7. The molecule has 2 N–H and O–H groups in total. The Labute approximate surface area is 125 Å². The number of methoxy groups -OCH3 is 1. The van der Waals surface area contributed by atoms with E-state index in [1.54, 1.807) is 7.11 Å². The summed E-state index contributed by atoms with van der Waals surface area (Å²) >= 11 is 0. The van der Waals surface area contributed by atoms with Crippen LogP contribution < -0.4 is 15.4 Å². The van der Waals surface area contributed by atoms with Crippen LogP contribution in [0.15, 0.2) is 54.6 Å². The van der Waals surface area contributed by atoms with Crippen molar-refractivity contribution in [2.45, 2.75) is 13.0 Å². The number of hydrogen-bond acceptors (Lipinski definition) is 3. The van der Waals surface area contributed by atoms with E-state index in [9.17, 15) is 4.79 Å². The normalized spacial score (nSPS) is 9.95. The van der Waals surface area contributed by atoms with Gasteiger partial charge in [-0.2, -0.15) is 0 Å². The van der Waals surface area contributed by atoms with Crippen LogP contribution >= 0.6 is 0 Å². The minimum atomic E-state index is 0.0363. The van der Waals surface area contributed by atoms with Gasteiger partial charge >= 0.3 is 0 Å². The third-order valence-corrected chi connectivity index (χ3v) is 3.10. The van der Waals surface area contributed by atoms with Crippen LogP contribution in [0.25, 0.3) is 0 Å². The van der Waals surface area contributed by atoms with Gasteiger partial charge in [0.15, 0.2) is 0 Å². The van der Waals surface area contributed by atoms with Crippen molar-refractivity contribution in [3.8, 4) is 5.75 Å². The van der Waals surface area contributed by atoms with E-state index in [0.717, 1.165) is 17.0 Å². The zero-order valence-corrected chi connectivity index (χ0v) is 12.1. The molecule has 4 heteroatoms. The molecule has 0 radical (unpaired) electrons. The van der Waals surface area contributed by atoms with E-state index in [1.165, 1.54) is 0 Å². The lowest BCUT2D eigenvalue weighted by Gasteiger charge is -2.08. The van der Waals surface area contributed by atoms with Gasteiger partial charge in [-0.05, 0) is 29.8 Å². The molecule has 4 nitrogen and oxygen atoms in total. The topological polar surface area (TPSA) is 50.4 Å². The summed E-state index contributed by atoms with van der Waals surface area (Å²) in [6.07, 6.45) is 0.449. The molecule has 0 fully saturated rings. The first-order chi connectivity index (χ1) is 10.3. The highest BCUT2D eigenvalue weighted by Gasteiger charge is 2.01. The summed E-state index contributed by atoms with van der Waals surface area (Å²) < 4.78 is 5.09. The Morgan fingerprint density at radius 1 is 1.05 bits per heavy atom. The standard InChI is InChI=1S/C17H20N2O2/c1-21-16-9-7-14(8-10-16)13-19-17(20)11-12-18-15-5-3-2-4-6-15/h2-10,18H,11-13H2,1H3,(H,19,20). The summed E-state index contributed by atoms with van der Waals surface area (Å²) in [5.41, 5.74) is 2.08. The number of benzene rings is 2. The third kappa shape index (κ3) is 5.18. The lowest BCUT2D eigenvalue weighted by molar-refractivity contribution is -0.121. The predicted molar refractivity (Wildman–Crippen MR) is 84.4 cm³/mol. The number of carbonyl (C=O) groups is 1. The van der Waals surface area contributed by atoms with Gasteiger partial charge in [-0.15, -0.1) is 0 Å². The highest BCUT2D eigenvalue weighted by atomic mass is 16.5. The first kappa shape index (κ1) is 14.9. The third-order valence-electron chi connectivity index (χ3n) is 3.10. The number of carbonyl (C=O) groups excluding carboxylic acids is 1. The SMILES string of the molecule is COc1ccc(CNC(=O)CCNc2ccccc2)cc1. The van der Waals surface area contributed by atoms with Crippen LogP contribution in [0.4, 0.5) is 5.69 Å². The van der Waals surface area contributed by atoms with Gasteiger partial charge in [0.25, 0.3) is 0 Å². The van der Waals surface area contributed by atoms with E-state index in [0.29, 0.717) is 19.5 Å². The second-order valence-electron chi connectivity index (χ2n) is 4.67. The maximum absolute atomic E-state index is 11.8. The van der Waals surface area contributed by atoms with Gasteiger partial charge in [0.1, 0.15) is 5.75 Å². The molecule has 0 aromatic heterocycles. The summed E-state index contributed by atoms with van der Waals surface area (Å²) in [5, 5.41) is 6.11. The molecule has 1 amide bonds. The van der Waals surface area contributed by atoms with E-state index in [1.807, 2.05) is 54.6 Å². The number of anilines is 1. The van der Waals surface area contributed by atoms with Crippen molar-refractivity contribution in [1.82, 2.24) is 5.32 Å². The fraction of sp³-hybridized carbons (Fsp3) is 0.235. The van der Waals surface area contributed by atoms with E-state index < -0.39 is 0 Å². The van der Waals surface area contributed by atoms with Crippen LogP contribution in [0, 0.1) is 0 Å². The Balaban J connectivity index is 1.67. The summed E-state index contributed by atoms with van der Waals surface area (Å²) in [7, 11) is 1.64. The molecule has 0 aliphatic carbocycles. The molecule has 2 aromatic rings. The summed E-state index contributed by atoms with van der Waals surface area (Å²) in [6.45, 7) is 1.16. The Morgan fingerprint density at radius 2 is 1.76 bits per heavy atom. The fourth-order valence-electron chi connectivity index (χ4n) is 1.91. The van der Waals surface area contributed by atoms with Crippen LogP contribution in [0.1, 0.15) is 12.0 Å². The molecule has 0 saturated heterocycles. The second kappa shape index (κ2) is 7.94. The Morgan fingerprint density at radius 3 is 2.43 bits per heavy atom. The number of nitrogens with one attached hydrogen (secondary N) is 2. The van der Waals surface area contributed by atoms with Crippen LogP contribution in [0.2, 0.25) is 0 Å². The Bertz CT molecular complexity index is 553. The molecule has 0 heterocycles. The fourth-order valence-corrected chi connectivity index (χ4v) is 1.91. The van der Waals surface area contributed by atoms with Gasteiger partial charge < -0.3 is 15.4 Å². The van der Waals surface area contributed by atoms with Gasteiger partial charge in [0, 0.05) is 25.2 Å². The Hall–Kier alpha value is -2.49. The lowest BCUT2D eigenvalue weighted by Crippen LogP contribution is -2.24. The van der Waals surface area contributed by atoms with Crippen LogP contribution in [0.3, 0.4) is 0 Å². The lowest BCUT2D eigenvalue weighted by atomic mass is 10.2. The monoisotopic (exact) mass is 284 g/mol. The van der Waals surface area contributed by atoms with Gasteiger partial charge in [0.2, 0.25) is 5.91 Å². The molecule has 0 aliphatic rings. The smallest absolute Gasteiger partial charge is 0.222 e. The number of amides is 1. The van der Waals surface area contributed by atoms with Gasteiger partial charge in [-0.25, -0.2) is 0 Å². The van der Waals surface area contributed by atoms with Gasteiger partial charge in [-0.1, -0.05) is 30.3 Å². The molecule has 110 valence electrons. The van der Waals surface area contributed by atoms with Crippen molar-refractivity contribution >= 4 is 11.6 Å². The molecule has 0 atom stereocenters. The maximum Gasteiger partial charge on any atom is 0.222 e. The first-order valence-electron chi connectivity index (χ1n) is 6.96. The largest absolute Gasteiger partial charge is 0.497 e. The highest BCUT2D eigenvalue weighted by Crippen LogP contribution is 2.11. The van der Waals surface area contributed by atoms with Crippen molar-refractivity contribution < 1.29 is 9.53 Å². The minimum Gasteiger partial charge on any atom is -0.497 e. The summed E-state index contributed by atoms with van der Waals surface area (Å²) in [4.78, 5) is 11.8. The molecule has 0 unspecified atom stereocenters. The van der Waals surface area contributed by atoms with Crippen molar-refractivity contribution in [3.63, 3.8) is 0 Å². The highest BCUT2D eigenvalue weighted by molar-refractivity contribution is 5.76.